The second-order valence-corrected chi connectivity index (χ2v) is 15.0. The summed E-state index contributed by atoms with van der Waals surface area (Å²) in [4.78, 5) is 0. The van der Waals surface area contributed by atoms with Crippen LogP contribution in [0.4, 0.5) is 13.2 Å². The molecule has 14 heavy (non-hydrogen) atoms. The molecule has 0 nitrogen and oxygen atoms in total. The van der Waals surface area contributed by atoms with Crippen LogP contribution in [0.1, 0.15) is 5.56 Å². The van der Waals surface area contributed by atoms with Crippen LogP contribution in [0.3, 0.4) is 0 Å². The Labute approximate surface area is 84.5 Å². The van der Waals surface area contributed by atoms with Crippen LogP contribution in [0.5, 0.6) is 0 Å². The first-order chi connectivity index (χ1) is 6.21. The summed E-state index contributed by atoms with van der Waals surface area (Å²) >= 11 is -2.13. The molecule has 78 valence electrons. The third-order valence-electron chi connectivity index (χ3n) is 2.06. The van der Waals surface area contributed by atoms with E-state index in [1.165, 1.54) is 12.1 Å². The summed E-state index contributed by atoms with van der Waals surface area (Å²) in [5, 5.41) is 0. The zero-order chi connectivity index (χ0) is 11.0. The van der Waals surface area contributed by atoms with Crippen LogP contribution in [-0.4, -0.2) is 13.3 Å². The van der Waals surface area contributed by atoms with Gasteiger partial charge in [-0.3, -0.25) is 0 Å². The van der Waals surface area contributed by atoms with Gasteiger partial charge in [-0.15, -0.1) is 0 Å². The van der Waals surface area contributed by atoms with Crippen molar-refractivity contribution in [2.75, 3.05) is 0 Å². The van der Waals surface area contributed by atoms with Crippen molar-refractivity contribution in [3.05, 3.63) is 29.8 Å². The van der Waals surface area contributed by atoms with Gasteiger partial charge in [-0.1, -0.05) is 0 Å². The van der Waals surface area contributed by atoms with Gasteiger partial charge < -0.3 is 0 Å². The van der Waals surface area contributed by atoms with Crippen molar-refractivity contribution in [2.45, 2.75) is 23.4 Å². The van der Waals surface area contributed by atoms with Crippen molar-refractivity contribution in [3.8, 4) is 0 Å². The third kappa shape index (κ3) is 2.77. The Balaban J connectivity index is 3.15. The van der Waals surface area contributed by atoms with Gasteiger partial charge in [0, 0.05) is 0 Å². The molecule has 1 aromatic carbocycles. The molecule has 0 heterocycles. The Bertz CT molecular complexity index is 294. The average Bonchev–Trinajstić information content (AvgIpc) is 2.01. The molecule has 0 amide bonds. The van der Waals surface area contributed by atoms with E-state index < -0.39 is 25.0 Å². The van der Waals surface area contributed by atoms with Crippen LogP contribution in [-0.2, 0) is 6.18 Å². The van der Waals surface area contributed by atoms with E-state index in [9.17, 15) is 13.2 Å². The fraction of sp³-hybridized carbons (Fsp3) is 0.400. The topological polar surface area (TPSA) is 0 Å². The maximum atomic E-state index is 12.4. The third-order valence-corrected chi connectivity index (χ3v) is 6.34. The van der Waals surface area contributed by atoms with E-state index in [1.54, 1.807) is 6.07 Å². The standard InChI is InChI=1S/C10H13F3Ge/c1-14(2,3)9-6-4-5-8(7-9)10(11,12)13/h4-7H,1-3H3. The summed E-state index contributed by atoms with van der Waals surface area (Å²) < 4.78 is 38.0. The Morgan fingerprint density at radius 2 is 1.64 bits per heavy atom. The number of benzene rings is 1. The molecule has 0 unspecified atom stereocenters. The van der Waals surface area contributed by atoms with Gasteiger partial charge in [0.25, 0.3) is 0 Å². The molecule has 0 spiro atoms. The average molecular weight is 263 g/mol. The predicted octanol–water partition coefficient (Wildman–Crippen LogP) is 3.25. The van der Waals surface area contributed by atoms with Gasteiger partial charge in [-0.2, -0.15) is 0 Å². The number of alkyl halides is 3. The van der Waals surface area contributed by atoms with E-state index in [0.717, 1.165) is 10.5 Å². The Morgan fingerprint density at radius 3 is 2.07 bits per heavy atom. The summed E-state index contributed by atoms with van der Waals surface area (Å²) in [6.45, 7) is 0. The van der Waals surface area contributed by atoms with Gasteiger partial charge in [0.1, 0.15) is 0 Å². The van der Waals surface area contributed by atoms with Crippen LogP contribution >= 0.6 is 0 Å². The van der Waals surface area contributed by atoms with E-state index in [4.69, 9.17) is 0 Å². The zero-order valence-corrected chi connectivity index (χ0v) is 10.5. The van der Waals surface area contributed by atoms with Crippen LogP contribution in [0.2, 0.25) is 17.3 Å². The maximum absolute atomic E-state index is 12.4. The first-order valence-corrected chi connectivity index (χ1v) is 11.7. The molecule has 0 atom stereocenters. The predicted molar refractivity (Wildman–Crippen MR) is 54.4 cm³/mol. The molecule has 0 bridgehead atoms. The van der Waals surface area contributed by atoms with Crippen LogP contribution in [0.25, 0.3) is 0 Å². The monoisotopic (exact) mass is 264 g/mol. The SMILES string of the molecule is [CH3][Ge]([CH3])([CH3])[c]1cccc(C(F)(F)F)c1. The van der Waals surface area contributed by atoms with Crippen molar-refractivity contribution in [2.24, 2.45) is 0 Å². The van der Waals surface area contributed by atoms with Crippen molar-refractivity contribution >= 4 is 17.7 Å². The van der Waals surface area contributed by atoms with Gasteiger partial charge in [-0.25, -0.2) is 0 Å². The molecule has 0 saturated carbocycles. The van der Waals surface area contributed by atoms with E-state index in [0.29, 0.717) is 0 Å². The van der Waals surface area contributed by atoms with Crippen molar-refractivity contribution in [1.82, 2.24) is 0 Å². The van der Waals surface area contributed by atoms with Gasteiger partial charge >= 0.3 is 84.1 Å². The molecule has 0 fully saturated rings. The molecule has 0 radical (unpaired) electrons. The quantitative estimate of drug-likeness (QED) is 0.682. The number of hydrogen-bond acceptors (Lipinski definition) is 0. The van der Waals surface area contributed by atoms with Gasteiger partial charge in [0.2, 0.25) is 0 Å². The first kappa shape index (κ1) is 11.6. The second-order valence-electron chi connectivity index (χ2n) is 4.33. The fourth-order valence-corrected chi connectivity index (χ4v) is 3.65. The molecule has 1 aromatic rings. The van der Waals surface area contributed by atoms with E-state index in [2.05, 4.69) is 17.3 Å². The molecule has 0 aliphatic carbocycles. The van der Waals surface area contributed by atoms with E-state index >= 15 is 0 Å². The summed E-state index contributed by atoms with van der Waals surface area (Å²) in [5.74, 6) is 6.24. The molecular formula is C10H13F3Ge. The van der Waals surface area contributed by atoms with E-state index in [-0.39, 0.29) is 0 Å². The number of rotatable bonds is 1. The van der Waals surface area contributed by atoms with E-state index in [1.807, 2.05) is 0 Å². The summed E-state index contributed by atoms with van der Waals surface area (Å²) in [5.41, 5.74) is -0.532. The molecule has 0 aliphatic heterocycles. The Kier molecular flexibility index (Phi) is 3.00. The summed E-state index contributed by atoms with van der Waals surface area (Å²) in [6.07, 6.45) is -4.22. The van der Waals surface area contributed by atoms with Crippen molar-refractivity contribution in [3.63, 3.8) is 0 Å². The van der Waals surface area contributed by atoms with Crippen LogP contribution in [0.15, 0.2) is 24.3 Å². The number of halogens is 3. The minimum atomic E-state index is -4.22. The normalized spacial score (nSPS) is 13.0. The minimum absolute atomic E-state index is 0.532. The molecule has 1 rings (SSSR count). The second kappa shape index (κ2) is 3.61. The van der Waals surface area contributed by atoms with Crippen molar-refractivity contribution < 1.29 is 13.2 Å². The van der Waals surface area contributed by atoms with Gasteiger partial charge in [0.15, 0.2) is 0 Å². The molecule has 0 saturated heterocycles. The Hall–Kier alpha value is -0.447. The fourth-order valence-electron chi connectivity index (χ4n) is 1.16. The van der Waals surface area contributed by atoms with Crippen LogP contribution < -0.4 is 4.40 Å². The molecule has 4 heteroatoms. The molecule has 0 aromatic heterocycles. The van der Waals surface area contributed by atoms with Crippen LogP contribution in [0, 0.1) is 0 Å². The molecule has 0 aliphatic rings. The van der Waals surface area contributed by atoms with Crippen molar-refractivity contribution in [1.29, 1.82) is 0 Å². The molecular weight excluding hydrogens is 250 g/mol. The molecule has 0 N–H and O–H groups in total. The summed E-state index contributed by atoms with van der Waals surface area (Å²) in [7, 11) is 0. The first-order valence-electron chi connectivity index (χ1n) is 4.39. The summed E-state index contributed by atoms with van der Waals surface area (Å²) in [6, 6.07) is 5.71. The Morgan fingerprint density at radius 1 is 1.07 bits per heavy atom. The van der Waals surface area contributed by atoms with Gasteiger partial charge in [0.05, 0.1) is 0 Å². The van der Waals surface area contributed by atoms with Gasteiger partial charge in [-0.05, 0) is 0 Å². The zero-order valence-electron chi connectivity index (χ0n) is 8.44. The number of hydrogen-bond donors (Lipinski definition) is 0.